The number of fused-ring (bicyclic) bond motifs is 1. The second-order valence-corrected chi connectivity index (χ2v) is 5.48. The first-order chi connectivity index (χ1) is 12.4. The zero-order chi connectivity index (χ0) is 18.7. The standard InChI is InChI=1S/C18H14N2O6/c1-11(18(22)19-14-4-2-3-5-15(14)20(23)24)25-13-8-6-12-7-9-17(21)26-16(12)10-13/h2-11H,1H3,(H,19,22)/t11-/m1/s1. The molecule has 132 valence electrons. The van der Waals surface area contributed by atoms with E-state index in [0.717, 1.165) is 0 Å². The van der Waals surface area contributed by atoms with Gasteiger partial charge in [0, 0.05) is 23.6 Å². The number of para-hydroxylation sites is 2. The molecule has 0 fully saturated rings. The van der Waals surface area contributed by atoms with Crippen LogP contribution < -0.4 is 15.7 Å². The Labute approximate surface area is 147 Å². The van der Waals surface area contributed by atoms with Gasteiger partial charge in [0.25, 0.3) is 11.6 Å². The summed E-state index contributed by atoms with van der Waals surface area (Å²) in [5, 5.41) is 14.2. The van der Waals surface area contributed by atoms with E-state index < -0.39 is 22.6 Å². The normalized spacial score (nSPS) is 11.7. The molecule has 0 unspecified atom stereocenters. The van der Waals surface area contributed by atoms with Crippen LogP contribution in [0.1, 0.15) is 6.92 Å². The van der Waals surface area contributed by atoms with Gasteiger partial charge in [0.2, 0.25) is 0 Å². The Morgan fingerprint density at radius 1 is 1.19 bits per heavy atom. The molecular weight excluding hydrogens is 340 g/mol. The van der Waals surface area contributed by atoms with E-state index in [1.165, 1.54) is 37.3 Å². The van der Waals surface area contributed by atoms with Crippen molar-refractivity contribution in [3.8, 4) is 5.75 Å². The summed E-state index contributed by atoms with van der Waals surface area (Å²) >= 11 is 0. The number of benzene rings is 2. The van der Waals surface area contributed by atoms with Gasteiger partial charge in [-0.3, -0.25) is 14.9 Å². The lowest BCUT2D eigenvalue weighted by Crippen LogP contribution is -2.30. The van der Waals surface area contributed by atoms with Gasteiger partial charge in [0.05, 0.1) is 4.92 Å². The third-order valence-corrected chi connectivity index (χ3v) is 3.64. The summed E-state index contributed by atoms with van der Waals surface area (Å²) in [4.78, 5) is 34.0. The van der Waals surface area contributed by atoms with E-state index in [2.05, 4.69) is 5.32 Å². The number of ether oxygens (including phenoxy) is 1. The number of carbonyl (C=O) groups excluding carboxylic acids is 1. The quantitative estimate of drug-likeness (QED) is 0.428. The lowest BCUT2D eigenvalue weighted by Gasteiger charge is -2.15. The molecule has 8 nitrogen and oxygen atoms in total. The van der Waals surface area contributed by atoms with Gasteiger partial charge in [0.1, 0.15) is 17.0 Å². The van der Waals surface area contributed by atoms with E-state index in [1.54, 1.807) is 24.3 Å². The lowest BCUT2D eigenvalue weighted by atomic mass is 10.2. The van der Waals surface area contributed by atoms with Crippen molar-refractivity contribution in [2.24, 2.45) is 0 Å². The summed E-state index contributed by atoms with van der Waals surface area (Å²) in [6, 6.07) is 13.6. The van der Waals surface area contributed by atoms with E-state index in [4.69, 9.17) is 9.15 Å². The van der Waals surface area contributed by atoms with Crippen molar-refractivity contribution in [1.82, 2.24) is 0 Å². The van der Waals surface area contributed by atoms with Crippen LogP contribution in [0.5, 0.6) is 5.75 Å². The summed E-state index contributed by atoms with van der Waals surface area (Å²) in [6.45, 7) is 1.51. The number of nitro groups is 1. The van der Waals surface area contributed by atoms with Crippen molar-refractivity contribution in [2.75, 3.05) is 5.32 Å². The van der Waals surface area contributed by atoms with Crippen LogP contribution >= 0.6 is 0 Å². The van der Waals surface area contributed by atoms with Gasteiger partial charge in [-0.15, -0.1) is 0 Å². The van der Waals surface area contributed by atoms with Gasteiger partial charge >= 0.3 is 5.63 Å². The highest BCUT2D eigenvalue weighted by molar-refractivity contribution is 5.96. The number of amides is 1. The molecular formula is C18H14N2O6. The Bertz CT molecular complexity index is 1040. The van der Waals surface area contributed by atoms with Gasteiger partial charge in [-0.1, -0.05) is 12.1 Å². The van der Waals surface area contributed by atoms with Crippen molar-refractivity contribution in [3.05, 3.63) is 75.1 Å². The van der Waals surface area contributed by atoms with Gasteiger partial charge in [-0.2, -0.15) is 0 Å². The predicted molar refractivity (Wildman–Crippen MR) is 94.3 cm³/mol. The molecule has 0 radical (unpaired) electrons. The molecule has 3 rings (SSSR count). The minimum absolute atomic E-state index is 0.0856. The second kappa shape index (κ2) is 7.06. The van der Waals surface area contributed by atoms with Crippen LogP contribution in [-0.4, -0.2) is 16.9 Å². The van der Waals surface area contributed by atoms with Crippen molar-refractivity contribution >= 4 is 28.3 Å². The Kier molecular flexibility index (Phi) is 4.66. The molecule has 0 saturated carbocycles. The van der Waals surface area contributed by atoms with Crippen molar-refractivity contribution in [1.29, 1.82) is 0 Å². The van der Waals surface area contributed by atoms with E-state index in [0.29, 0.717) is 16.7 Å². The fraction of sp³-hybridized carbons (Fsp3) is 0.111. The maximum absolute atomic E-state index is 12.3. The zero-order valence-electron chi connectivity index (χ0n) is 13.7. The van der Waals surface area contributed by atoms with Crippen LogP contribution in [0.15, 0.2) is 63.8 Å². The molecule has 1 aromatic heterocycles. The maximum Gasteiger partial charge on any atom is 0.336 e. The number of nitrogens with zero attached hydrogens (tertiary/aromatic N) is 1. The van der Waals surface area contributed by atoms with Gasteiger partial charge in [0.15, 0.2) is 6.10 Å². The van der Waals surface area contributed by atoms with Crippen LogP contribution in [0.4, 0.5) is 11.4 Å². The van der Waals surface area contributed by atoms with Crippen molar-refractivity contribution < 1.29 is 18.9 Å². The molecule has 0 bridgehead atoms. The highest BCUT2D eigenvalue weighted by Gasteiger charge is 2.20. The maximum atomic E-state index is 12.3. The van der Waals surface area contributed by atoms with Crippen molar-refractivity contribution in [3.63, 3.8) is 0 Å². The van der Waals surface area contributed by atoms with E-state index in [9.17, 15) is 19.7 Å². The number of nitrogens with one attached hydrogen (secondary N) is 1. The van der Waals surface area contributed by atoms with E-state index >= 15 is 0 Å². The highest BCUT2D eigenvalue weighted by Crippen LogP contribution is 2.24. The first-order valence-corrected chi connectivity index (χ1v) is 7.69. The lowest BCUT2D eigenvalue weighted by molar-refractivity contribution is -0.383. The molecule has 1 amide bonds. The summed E-state index contributed by atoms with van der Waals surface area (Å²) in [5.41, 5.74) is -0.277. The SMILES string of the molecule is C[C@@H](Oc1ccc2ccc(=O)oc2c1)C(=O)Nc1ccccc1[N+](=O)[O-]. The van der Waals surface area contributed by atoms with E-state index in [-0.39, 0.29) is 11.4 Å². The number of carbonyl (C=O) groups is 1. The third-order valence-electron chi connectivity index (χ3n) is 3.64. The Morgan fingerprint density at radius 3 is 2.69 bits per heavy atom. The second-order valence-electron chi connectivity index (χ2n) is 5.48. The molecule has 2 aromatic carbocycles. The van der Waals surface area contributed by atoms with Gasteiger partial charge in [-0.25, -0.2) is 4.79 Å². The number of rotatable bonds is 5. The van der Waals surface area contributed by atoms with E-state index in [1.807, 2.05) is 0 Å². The highest BCUT2D eigenvalue weighted by atomic mass is 16.6. The fourth-order valence-corrected chi connectivity index (χ4v) is 2.34. The van der Waals surface area contributed by atoms with Crippen LogP contribution in [0.3, 0.4) is 0 Å². The number of hydrogen-bond donors (Lipinski definition) is 1. The van der Waals surface area contributed by atoms with Crippen molar-refractivity contribution in [2.45, 2.75) is 13.0 Å². The number of anilines is 1. The first kappa shape index (κ1) is 17.2. The Morgan fingerprint density at radius 2 is 1.92 bits per heavy atom. The fourth-order valence-electron chi connectivity index (χ4n) is 2.34. The molecule has 0 aliphatic carbocycles. The molecule has 8 heteroatoms. The molecule has 0 spiro atoms. The zero-order valence-corrected chi connectivity index (χ0v) is 13.7. The molecule has 1 atom stereocenters. The molecule has 3 aromatic rings. The summed E-state index contributed by atoms with van der Waals surface area (Å²) in [5.74, 6) is -0.217. The molecule has 26 heavy (non-hydrogen) atoms. The minimum atomic E-state index is -0.928. The summed E-state index contributed by atoms with van der Waals surface area (Å²) in [7, 11) is 0. The molecule has 0 aliphatic heterocycles. The van der Waals surface area contributed by atoms with Crippen LogP contribution in [-0.2, 0) is 4.79 Å². The number of nitro benzene ring substituents is 1. The average molecular weight is 354 g/mol. The molecule has 1 N–H and O–H groups in total. The van der Waals surface area contributed by atoms with Crippen LogP contribution in [0, 0.1) is 10.1 Å². The average Bonchev–Trinajstić information content (AvgIpc) is 2.61. The Hall–Kier alpha value is -3.68. The number of hydrogen-bond acceptors (Lipinski definition) is 6. The molecule has 0 saturated heterocycles. The molecule has 1 heterocycles. The first-order valence-electron chi connectivity index (χ1n) is 7.69. The van der Waals surface area contributed by atoms with Gasteiger partial charge < -0.3 is 14.5 Å². The topological polar surface area (TPSA) is 112 Å². The smallest absolute Gasteiger partial charge is 0.336 e. The third kappa shape index (κ3) is 3.69. The minimum Gasteiger partial charge on any atom is -0.481 e. The summed E-state index contributed by atoms with van der Waals surface area (Å²) in [6.07, 6.45) is -0.928. The van der Waals surface area contributed by atoms with Gasteiger partial charge in [-0.05, 0) is 31.2 Å². The summed E-state index contributed by atoms with van der Waals surface area (Å²) < 4.78 is 10.6. The van der Waals surface area contributed by atoms with Crippen LogP contribution in [0.25, 0.3) is 11.0 Å². The Balaban J connectivity index is 1.75. The monoisotopic (exact) mass is 354 g/mol. The molecule has 0 aliphatic rings. The predicted octanol–water partition coefficient (Wildman–Crippen LogP) is 3.11. The van der Waals surface area contributed by atoms with Crippen LogP contribution in [0.2, 0.25) is 0 Å². The largest absolute Gasteiger partial charge is 0.481 e.